The van der Waals surface area contributed by atoms with Crippen LogP contribution in [0.1, 0.15) is 35.7 Å². The fourth-order valence-electron chi connectivity index (χ4n) is 3.87. The molecule has 1 fully saturated rings. The van der Waals surface area contributed by atoms with E-state index in [-0.39, 0.29) is 0 Å². The minimum absolute atomic E-state index is 0.433. The summed E-state index contributed by atoms with van der Waals surface area (Å²) < 4.78 is 27.3. The summed E-state index contributed by atoms with van der Waals surface area (Å²) in [4.78, 5) is 6.72. The Morgan fingerprint density at radius 3 is 2.63 bits per heavy atom. The van der Waals surface area contributed by atoms with Crippen LogP contribution in [-0.4, -0.2) is 52.6 Å². The largest absolute Gasteiger partial charge is 0.297 e. The fourth-order valence-corrected chi connectivity index (χ4v) is 4.42. The number of likely N-dealkylation sites (tertiary alicyclic amines) is 1. The molecule has 0 unspecified atom stereocenters. The highest BCUT2D eigenvalue weighted by Crippen LogP contribution is 2.30. The third-order valence-corrected chi connectivity index (χ3v) is 5.88. The van der Waals surface area contributed by atoms with Crippen molar-refractivity contribution < 1.29 is 8.42 Å². The number of hydrogen-bond acceptors (Lipinski definition) is 6. The van der Waals surface area contributed by atoms with E-state index in [9.17, 15) is 8.42 Å². The van der Waals surface area contributed by atoms with Gasteiger partial charge >= 0.3 is 0 Å². The molecule has 1 saturated heterocycles. The van der Waals surface area contributed by atoms with Crippen LogP contribution in [0.25, 0.3) is 0 Å². The van der Waals surface area contributed by atoms with Crippen molar-refractivity contribution >= 4 is 15.7 Å². The third kappa shape index (κ3) is 5.64. The summed E-state index contributed by atoms with van der Waals surface area (Å²) in [6, 6.07) is 13.6. The molecule has 9 heteroatoms. The predicted octanol–water partition coefficient (Wildman–Crippen LogP) is 2.47. The molecule has 0 amide bonds. The number of anilines is 1. The number of nitrogens with zero attached hydrogens (tertiary/aromatic N) is 5. The molecule has 1 N–H and O–H groups in total. The average molecular weight is 427 g/mol. The molecule has 3 aromatic rings. The van der Waals surface area contributed by atoms with Gasteiger partial charge in [0.15, 0.2) is 0 Å². The van der Waals surface area contributed by atoms with E-state index in [2.05, 4.69) is 31.0 Å². The van der Waals surface area contributed by atoms with Gasteiger partial charge in [0.2, 0.25) is 10.0 Å². The maximum atomic E-state index is 11.5. The quantitative estimate of drug-likeness (QED) is 0.624. The van der Waals surface area contributed by atoms with Gasteiger partial charge in [0.1, 0.15) is 0 Å². The van der Waals surface area contributed by atoms with Gasteiger partial charge in [-0.2, -0.15) is 0 Å². The van der Waals surface area contributed by atoms with Crippen molar-refractivity contribution in [3.63, 3.8) is 0 Å². The lowest BCUT2D eigenvalue weighted by Gasteiger charge is -2.31. The molecule has 8 nitrogen and oxygen atoms in total. The number of nitrogens with one attached hydrogen (secondary N) is 1. The van der Waals surface area contributed by atoms with Crippen molar-refractivity contribution in [2.75, 3.05) is 24.1 Å². The molecule has 1 aliphatic rings. The number of sulfonamides is 1. The SMILES string of the molecule is CS(=O)(=O)Nc1cccc(C2CCN(Cc3cn(Cc4ccccn4)nn3)CC2)c1. The Hall–Kier alpha value is -2.78. The molecule has 0 saturated carbocycles. The van der Waals surface area contributed by atoms with Crippen molar-refractivity contribution in [2.24, 2.45) is 0 Å². The predicted molar refractivity (Wildman–Crippen MR) is 116 cm³/mol. The molecule has 30 heavy (non-hydrogen) atoms. The van der Waals surface area contributed by atoms with Gasteiger partial charge in [-0.25, -0.2) is 13.1 Å². The van der Waals surface area contributed by atoms with Gasteiger partial charge in [0.05, 0.1) is 30.4 Å². The van der Waals surface area contributed by atoms with Crippen LogP contribution in [0.3, 0.4) is 0 Å². The lowest BCUT2D eigenvalue weighted by atomic mass is 9.89. The fraction of sp³-hybridized carbons (Fsp3) is 0.381. The molecule has 0 radical (unpaired) electrons. The first-order chi connectivity index (χ1) is 14.4. The van der Waals surface area contributed by atoms with E-state index in [1.165, 1.54) is 11.8 Å². The number of aromatic nitrogens is 4. The molecule has 0 spiro atoms. The van der Waals surface area contributed by atoms with E-state index in [4.69, 9.17) is 0 Å². The Bertz CT molecular complexity index is 1080. The molecule has 2 aromatic heterocycles. The molecule has 0 bridgehead atoms. The van der Waals surface area contributed by atoms with E-state index in [0.29, 0.717) is 18.2 Å². The average Bonchev–Trinajstić information content (AvgIpc) is 3.15. The first kappa shape index (κ1) is 20.5. The van der Waals surface area contributed by atoms with Gasteiger partial charge < -0.3 is 0 Å². The molecule has 1 aliphatic heterocycles. The zero-order valence-electron chi connectivity index (χ0n) is 17.0. The van der Waals surface area contributed by atoms with Crippen LogP contribution in [-0.2, 0) is 23.1 Å². The van der Waals surface area contributed by atoms with E-state index in [0.717, 1.165) is 43.9 Å². The second-order valence-electron chi connectivity index (χ2n) is 7.78. The number of hydrogen-bond donors (Lipinski definition) is 1. The lowest BCUT2D eigenvalue weighted by Crippen LogP contribution is -2.32. The first-order valence-electron chi connectivity index (χ1n) is 10.0. The number of rotatable bonds is 7. The molecule has 0 aliphatic carbocycles. The van der Waals surface area contributed by atoms with Gasteiger partial charge in [0, 0.05) is 18.4 Å². The second kappa shape index (κ2) is 8.93. The van der Waals surface area contributed by atoms with Crippen molar-refractivity contribution in [1.29, 1.82) is 0 Å². The van der Waals surface area contributed by atoms with Crippen LogP contribution >= 0.6 is 0 Å². The second-order valence-corrected chi connectivity index (χ2v) is 9.53. The normalized spacial score (nSPS) is 15.9. The van der Waals surface area contributed by atoms with Gasteiger partial charge in [-0.3, -0.25) is 14.6 Å². The van der Waals surface area contributed by atoms with Crippen molar-refractivity contribution in [2.45, 2.75) is 31.8 Å². The van der Waals surface area contributed by atoms with Crippen molar-refractivity contribution in [3.05, 3.63) is 71.8 Å². The number of piperidine rings is 1. The summed E-state index contributed by atoms with van der Waals surface area (Å²) >= 11 is 0. The smallest absolute Gasteiger partial charge is 0.229 e. The summed E-state index contributed by atoms with van der Waals surface area (Å²) in [6.07, 6.45) is 7.00. The van der Waals surface area contributed by atoms with Crippen LogP contribution in [0.2, 0.25) is 0 Å². The van der Waals surface area contributed by atoms with Crippen molar-refractivity contribution in [3.8, 4) is 0 Å². The Kier molecular flexibility index (Phi) is 6.10. The van der Waals surface area contributed by atoms with Crippen LogP contribution < -0.4 is 4.72 Å². The third-order valence-electron chi connectivity index (χ3n) is 5.27. The molecular formula is C21H26N6O2S. The lowest BCUT2D eigenvalue weighted by molar-refractivity contribution is 0.202. The van der Waals surface area contributed by atoms with Crippen LogP contribution in [0.15, 0.2) is 54.9 Å². The summed E-state index contributed by atoms with van der Waals surface area (Å²) in [5.41, 5.74) is 3.73. The highest BCUT2D eigenvalue weighted by atomic mass is 32.2. The maximum absolute atomic E-state index is 11.5. The molecular weight excluding hydrogens is 400 g/mol. The summed E-state index contributed by atoms with van der Waals surface area (Å²) in [7, 11) is -3.26. The molecule has 158 valence electrons. The van der Waals surface area contributed by atoms with Crippen LogP contribution in [0, 0.1) is 0 Å². The summed E-state index contributed by atoms with van der Waals surface area (Å²) in [6.45, 7) is 3.35. The van der Waals surface area contributed by atoms with Gasteiger partial charge in [-0.05, 0) is 61.7 Å². The Morgan fingerprint density at radius 1 is 1.07 bits per heavy atom. The van der Waals surface area contributed by atoms with E-state index in [1.807, 2.05) is 41.2 Å². The van der Waals surface area contributed by atoms with Crippen LogP contribution in [0.5, 0.6) is 0 Å². The molecule has 4 rings (SSSR count). The summed E-state index contributed by atoms with van der Waals surface area (Å²) in [5, 5.41) is 8.53. The number of benzene rings is 1. The van der Waals surface area contributed by atoms with Gasteiger partial charge in [-0.1, -0.05) is 23.4 Å². The van der Waals surface area contributed by atoms with Crippen LogP contribution in [0.4, 0.5) is 5.69 Å². The number of pyridine rings is 1. The van der Waals surface area contributed by atoms with E-state index < -0.39 is 10.0 Å². The Morgan fingerprint density at radius 2 is 1.90 bits per heavy atom. The van der Waals surface area contributed by atoms with Gasteiger partial charge in [-0.15, -0.1) is 5.10 Å². The molecule has 1 aromatic carbocycles. The van der Waals surface area contributed by atoms with E-state index in [1.54, 1.807) is 12.3 Å². The minimum Gasteiger partial charge on any atom is -0.297 e. The zero-order valence-corrected chi connectivity index (χ0v) is 17.8. The first-order valence-corrected chi connectivity index (χ1v) is 11.9. The Balaban J connectivity index is 1.31. The standard InChI is InChI=1S/C21H26N6O2S/c1-30(28,29)24-19-7-4-5-18(13-19)17-8-11-26(12-9-17)14-21-16-27(25-23-21)15-20-6-2-3-10-22-20/h2-7,10,13,16-17,24H,8-9,11-12,14-15H2,1H3. The molecule has 3 heterocycles. The monoisotopic (exact) mass is 426 g/mol. The zero-order chi connectivity index (χ0) is 21.0. The molecule has 0 atom stereocenters. The van der Waals surface area contributed by atoms with Gasteiger partial charge in [0.25, 0.3) is 0 Å². The highest BCUT2D eigenvalue weighted by molar-refractivity contribution is 7.92. The van der Waals surface area contributed by atoms with E-state index >= 15 is 0 Å². The minimum atomic E-state index is -3.26. The maximum Gasteiger partial charge on any atom is 0.229 e. The summed E-state index contributed by atoms with van der Waals surface area (Å²) in [5.74, 6) is 0.433. The Labute approximate surface area is 177 Å². The highest BCUT2D eigenvalue weighted by Gasteiger charge is 2.22. The van der Waals surface area contributed by atoms with Crippen molar-refractivity contribution in [1.82, 2.24) is 24.9 Å². The topological polar surface area (TPSA) is 93.0 Å².